The van der Waals surface area contributed by atoms with E-state index in [1.165, 1.54) is 6.08 Å². The fourth-order valence-corrected chi connectivity index (χ4v) is 3.23. The third-order valence-corrected chi connectivity index (χ3v) is 4.63. The van der Waals surface area contributed by atoms with E-state index in [0.717, 1.165) is 21.1 Å². The second kappa shape index (κ2) is 7.55. The third kappa shape index (κ3) is 3.34. The zero-order valence-corrected chi connectivity index (χ0v) is 15.6. The van der Waals surface area contributed by atoms with Crippen molar-refractivity contribution in [3.05, 3.63) is 85.1 Å². The molecule has 2 aromatic carbocycles. The van der Waals surface area contributed by atoms with Gasteiger partial charge in [0.15, 0.2) is 0 Å². The third-order valence-electron chi connectivity index (χ3n) is 4.63. The van der Waals surface area contributed by atoms with Crippen LogP contribution in [0.5, 0.6) is 0 Å². The summed E-state index contributed by atoms with van der Waals surface area (Å²) >= 11 is 0. The fourth-order valence-electron chi connectivity index (χ4n) is 3.23. The highest BCUT2D eigenvalue weighted by Gasteiger charge is 2.44. The molecule has 0 atom stereocenters. The Labute approximate surface area is 167 Å². The summed E-state index contributed by atoms with van der Waals surface area (Å²) in [6, 6.07) is 18.4. The van der Waals surface area contributed by atoms with Crippen molar-refractivity contribution in [2.75, 3.05) is 6.54 Å². The first kappa shape index (κ1) is 18.4. The minimum atomic E-state index is -0.844. The average molecular weight is 386 g/mol. The fraction of sp³-hybridized carbons (Fsp3) is 0.0909. The van der Waals surface area contributed by atoms with Crippen molar-refractivity contribution < 1.29 is 14.4 Å². The molecule has 7 heteroatoms. The van der Waals surface area contributed by atoms with Crippen molar-refractivity contribution in [2.45, 2.75) is 6.54 Å². The van der Waals surface area contributed by atoms with E-state index < -0.39 is 17.8 Å². The lowest BCUT2D eigenvalue weighted by Gasteiger charge is -2.14. The number of urea groups is 1. The number of aromatic nitrogens is 2. The molecule has 0 aliphatic carbocycles. The standard InChI is InChI=1S/C22H18N4O3/c1-2-13-24-20(27)21(28)25(22(24)29)14-17-15-26(18-11-7-4-8-12-18)23-19(17)16-9-5-3-6-10-16/h2-12,15H,1,13-14H2. The Morgan fingerprint density at radius 3 is 2.14 bits per heavy atom. The van der Waals surface area contributed by atoms with Gasteiger partial charge in [0.2, 0.25) is 0 Å². The molecule has 2 heterocycles. The number of carbonyl (C=O) groups is 3. The average Bonchev–Trinajstić information content (AvgIpc) is 3.27. The van der Waals surface area contributed by atoms with Gasteiger partial charge in [-0.25, -0.2) is 9.48 Å². The molecule has 0 saturated carbocycles. The predicted molar refractivity (Wildman–Crippen MR) is 107 cm³/mol. The molecule has 7 nitrogen and oxygen atoms in total. The Hall–Kier alpha value is -4.00. The van der Waals surface area contributed by atoms with Crippen molar-refractivity contribution in [2.24, 2.45) is 0 Å². The molecule has 1 aliphatic rings. The Bertz CT molecular complexity index is 1090. The summed E-state index contributed by atoms with van der Waals surface area (Å²) in [5.74, 6) is -1.69. The summed E-state index contributed by atoms with van der Waals surface area (Å²) < 4.78 is 1.70. The van der Waals surface area contributed by atoms with Crippen molar-refractivity contribution in [3.8, 4) is 16.9 Å². The number of amides is 4. The van der Waals surface area contributed by atoms with Crippen LogP contribution >= 0.6 is 0 Å². The minimum absolute atomic E-state index is 0.00523. The topological polar surface area (TPSA) is 75.5 Å². The van der Waals surface area contributed by atoms with E-state index >= 15 is 0 Å². The van der Waals surface area contributed by atoms with Gasteiger partial charge in [-0.05, 0) is 12.1 Å². The molecule has 1 fully saturated rings. The molecule has 0 spiro atoms. The van der Waals surface area contributed by atoms with Gasteiger partial charge >= 0.3 is 17.8 Å². The van der Waals surface area contributed by atoms with Crippen LogP contribution in [-0.2, 0) is 16.1 Å². The van der Waals surface area contributed by atoms with Gasteiger partial charge in [0.1, 0.15) is 0 Å². The summed E-state index contributed by atoms with van der Waals surface area (Å²) in [7, 11) is 0. The van der Waals surface area contributed by atoms with Crippen LogP contribution in [0, 0.1) is 0 Å². The second-order valence-electron chi connectivity index (χ2n) is 6.53. The molecular weight excluding hydrogens is 368 g/mol. The first-order valence-corrected chi connectivity index (χ1v) is 9.07. The summed E-state index contributed by atoms with van der Waals surface area (Å²) in [6.07, 6.45) is 3.19. The maximum absolute atomic E-state index is 12.6. The molecule has 144 valence electrons. The summed E-state index contributed by atoms with van der Waals surface area (Å²) in [4.78, 5) is 38.9. The Kier molecular flexibility index (Phi) is 4.78. The summed E-state index contributed by atoms with van der Waals surface area (Å²) in [6.45, 7) is 3.48. The van der Waals surface area contributed by atoms with Gasteiger partial charge in [-0.15, -0.1) is 6.58 Å². The lowest BCUT2D eigenvalue weighted by atomic mass is 10.1. The zero-order valence-electron chi connectivity index (χ0n) is 15.6. The molecule has 0 bridgehead atoms. The molecule has 29 heavy (non-hydrogen) atoms. The van der Waals surface area contributed by atoms with Gasteiger partial charge in [-0.1, -0.05) is 54.6 Å². The molecule has 1 aliphatic heterocycles. The summed E-state index contributed by atoms with van der Waals surface area (Å²) in [5.41, 5.74) is 3.00. The molecule has 0 unspecified atom stereocenters. The first-order chi connectivity index (χ1) is 14.1. The SMILES string of the molecule is C=CCN1C(=O)C(=O)N(Cc2cn(-c3ccccc3)nc2-c2ccccc2)C1=O. The largest absolute Gasteiger partial charge is 0.334 e. The van der Waals surface area contributed by atoms with Crippen molar-refractivity contribution in [1.82, 2.24) is 19.6 Å². The first-order valence-electron chi connectivity index (χ1n) is 9.07. The van der Waals surface area contributed by atoms with Crippen LogP contribution in [0.4, 0.5) is 4.79 Å². The van der Waals surface area contributed by atoms with Gasteiger partial charge in [-0.3, -0.25) is 19.4 Å². The smallest absolute Gasteiger partial charge is 0.263 e. The number of para-hydroxylation sites is 1. The van der Waals surface area contributed by atoms with Crippen molar-refractivity contribution in [3.63, 3.8) is 0 Å². The highest BCUT2D eigenvalue weighted by Crippen LogP contribution is 2.26. The monoisotopic (exact) mass is 386 g/mol. The molecule has 4 rings (SSSR count). The van der Waals surface area contributed by atoms with E-state index in [4.69, 9.17) is 0 Å². The van der Waals surface area contributed by atoms with Crippen molar-refractivity contribution >= 4 is 17.8 Å². The van der Waals surface area contributed by atoms with Crippen molar-refractivity contribution in [1.29, 1.82) is 0 Å². The molecule has 3 aromatic rings. The Morgan fingerprint density at radius 1 is 0.862 bits per heavy atom. The maximum atomic E-state index is 12.6. The quantitative estimate of drug-likeness (QED) is 0.371. The van der Waals surface area contributed by atoms with Crippen LogP contribution in [0.2, 0.25) is 0 Å². The van der Waals surface area contributed by atoms with Gasteiger partial charge in [0, 0.05) is 23.9 Å². The van der Waals surface area contributed by atoms with E-state index in [-0.39, 0.29) is 13.1 Å². The van der Waals surface area contributed by atoms with Crippen LogP contribution in [-0.4, -0.2) is 44.0 Å². The number of hydrogen-bond donors (Lipinski definition) is 0. The summed E-state index contributed by atoms with van der Waals surface area (Å²) in [5, 5.41) is 4.67. The zero-order chi connectivity index (χ0) is 20.4. The van der Waals surface area contributed by atoms with Gasteiger partial charge in [-0.2, -0.15) is 5.10 Å². The normalized spacial score (nSPS) is 14.0. The second-order valence-corrected chi connectivity index (χ2v) is 6.53. The lowest BCUT2D eigenvalue weighted by molar-refractivity contribution is -0.143. The molecular formula is C22H18N4O3. The number of hydrogen-bond acceptors (Lipinski definition) is 4. The maximum Gasteiger partial charge on any atom is 0.334 e. The molecule has 0 radical (unpaired) electrons. The number of nitrogens with zero attached hydrogens (tertiary/aromatic N) is 4. The van der Waals surface area contributed by atoms with Gasteiger partial charge in [0.25, 0.3) is 0 Å². The number of benzene rings is 2. The van der Waals surface area contributed by atoms with Crippen LogP contribution in [0.15, 0.2) is 79.5 Å². The van der Waals surface area contributed by atoms with E-state index in [9.17, 15) is 14.4 Å². The lowest BCUT2D eigenvalue weighted by Crippen LogP contribution is -2.33. The molecule has 1 aromatic heterocycles. The van der Waals surface area contributed by atoms with E-state index in [0.29, 0.717) is 11.3 Å². The minimum Gasteiger partial charge on any atom is -0.263 e. The highest BCUT2D eigenvalue weighted by atomic mass is 16.2. The van der Waals surface area contributed by atoms with Crippen LogP contribution in [0.1, 0.15) is 5.56 Å². The van der Waals surface area contributed by atoms with Crippen LogP contribution in [0.25, 0.3) is 16.9 Å². The van der Waals surface area contributed by atoms with Gasteiger partial charge in [0.05, 0.1) is 17.9 Å². The molecule has 0 N–H and O–H groups in total. The Morgan fingerprint density at radius 2 is 1.48 bits per heavy atom. The van der Waals surface area contributed by atoms with Crippen LogP contribution in [0.3, 0.4) is 0 Å². The van der Waals surface area contributed by atoms with Gasteiger partial charge < -0.3 is 0 Å². The number of carbonyl (C=O) groups excluding carboxylic acids is 3. The Balaban J connectivity index is 1.74. The van der Waals surface area contributed by atoms with E-state index in [1.807, 2.05) is 60.7 Å². The van der Waals surface area contributed by atoms with E-state index in [1.54, 1.807) is 10.9 Å². The number of rotatable bonds is 6. The molecule has 4 amide bonds. The van der Waals surface area contributed by atoms with Crippen LogP contribution < -0.4 is 0 Å². The van der Waals surface area contributed by atoms with E-state index in [2.05, 4.69) is 11.7 Å². The highest BCUT2D eigenvalue weighted by molar-refractivity contribution is 6.44. The predicted octanol–water partition coefficient (Wildman–Crippen LogP) is 3.02. The number of imide groups is 2. The molecule has 1 saturated heterocycles.